The Morgan fingerprint density at radius 2 is 1.45 bits per heavy atom. The molecule has 5 atom stereocenters. The number of ether oxygens (including phenoxy) is 1. The number of hydrogen-bond acceptors (Lipinski definition) is 6. The highest BCUT2D eigenvalue weighted by Gasteiger charge is 2.53. The highest BCUT2D eigenvalue weighted by molar-refractivity contribution is 7.81. The van der Waals surface area contributed by atoms with Crippen molar-refractivity contribution >= 4 is 39.7 Å². The van der Waals surface area contributed by atoms with Gasteiger partial charge >= 0.3 is 19.8 Å². The second-order valence-electron chi connectivity index (χ2n) is 10.1. The number of carboxylic acids is 1. The van der Waals surface area contributed by atoms with E-state index in [9.17, 15) is 14.5 Å². The number of aliphatic carboxylic acids is 1. The van der Waals surface area contributed by atoms with Crippen LogP contribution in [0.15, 0.2) is 30.3 Å². The Morgan fingerprint density at radius 3 is 1.89 bits per heavy atom. The van der Waals surface area contributed by atoms with Gasteiger partial charge in [-0.1, -0.05) is 133 Å². The molecule has 1 aromatic carbocycles. The Labute approximate surface area is 244 Å². The zero-order valence-corrected chi connectivity index (χ0v) is 26.7. The van der Waals surface area contributed by atoms with Gasteiger partial charge in [-0.3, -0.25) is 0 Å². The zero-order valence-electron chi connectivity index (χ0n) is 23.9. The summed E-state index contributed by atoms with van der Waals surface area (Å²) in [5.74, 6) is 0.811. The van der Waals surface area contributed by atoms with E-state index >= 15 is 0 Å². The fraction of sp³-hybridized carbons (Fsp3) is 0.767. The number of rotatable bonds is 22. The molecule has 0 aromatic heterocycles. The van der Waals surface area contributed by atoms with Crippen molar-refractivity contribution in [2.75, 3.05) is 12.4 Å². The highest BCUT2D eigenvalue weighted by atomic mass is 32.1. The van der Waals surface area contributed by atoms with Crippen LogP contribution in [0.5, 0.6) is 0 Å². The first-order chi connectivity index (χ1) is 18.3. The minimum atomic E-state index is -2.42. The third kappa shape index (κ3) is 15.9. The lowest BCUT2D eigenvalue weighted by molar-refractivity contribution is -0.155. The van der Waals surface area contributed by atoms with E-state index in [0.717, 1.165) is 11.7 Å². The standard InChI is InChI=1S/C24H42S.C6H11O5PS/c1-3-5-6-7-8-9-10-11-12-14-18-22(17-4-2)24(21-25)23-19-15-13-16-20-23;1-2-3-11-5(13)6(9,12-10)4(7)8/h13,15-16,19-20,22,24-25H,3-12,14,17-18,21H2,1-2H3;5,9,13H,2-3H2,1H3,(H,7,8)/p+1. The van der Waals surface area contributed by atoms with Crippen LogP contribution >= 0.6 is 33.7 Å². The molecular weight excluding hydrogens is 535 g/mol. The minimum Gasteiger partial charge on any atom is -0.476 e. The molecule has 0 radical (unpaired) electrons. The molecule has 0 saturated carbocycles. The van der Waals surface area contributed by atoms with Gasteiger partial charge in [0.05, 0.1) is 0 Å². The summed E-state index contributed by atoms with van der Waals surface area (Å²) in [5, 5.41) is 15.4. The Hall–Kier alpha value is -0.590. The van der Waals surface area contributed by atoms with E-state index in [1.807, 2.05) is 6.92 Å². The van der Waals surface area contributed by atoms with E-state index < -0.39 is 25.2 Å². The first-order valence-corrected chi connectivity index (χ1v) is 16.7. The summed E-state index contributed by atoms with van der Waals surface area (Å²) in [6.07, 6.45) is 19.0. The summed E-state index contributed by atoms with van der Waals surface area (Å²) in [6.45, 7) is 6.70. The third-order valence-corrected chi connectivity index (χ3v) is 8.85. The van der Waals surface area contributed by atoms with Gasteiger partial charge in [-0.15, -0.1) is 12.6 Å². The maximum atomic E-state index is 10.5. The normalized spacial score (nSPS) is 15.2. The van der Waals surface area contributed by atoms with Crippen molar-refractivity contribution in [3.63, 3.8) is 0 Å². The Bertz CT molecular complexity index is 709. The van der Waals surface area contributed by atoms with Gasteiger partial charge in [-0.05, 0) is 36.0 Å². The SMILES string of the molecule is CCCCCCCCCCCCC(CCC)C(CS)c1ccccc1.CCCOC(S)C(O)([PH+]=O)C(=O)O. The number of carbonyl (C=O) groups is 1. The summed E-state index contributed by atoms with van der Waals surface area (Å²) in [4.78, 5) is 10.5. The molecule has 0 saturated heterocycles. The van der Waals surface area contributed by atoms with Gasteiger partial charge in [-0.2, -0.15) is 12.6 Å². The molecule has 1 rings (SSSR count). The summed E-state index contributed by atoms with van der Waals surface area (Å²) < 4.78 is 15.3. The van der Waals surface area contributed by atoms with Gasteiger partial charge in [0.1, 0.15) is 0 Å². The topological polar surface area (TPSA) is 83.8 Å². The Balaban J connectivity index is 0.000000889. The lowest BCUT2D eigenvalue weighted by Gasteiger charge is -2.26. The smallest absolute Gasteiger partial charge is 0.392 e. The number of carboxylic acid groups (broad SMARTS) is 1. The third-order valence-electron chi connectivity index (χ3n) is 6.90. The first-order valence-electron chi connectivity index (χ1n) is 14.6. The highest BCUT2D eigenvalue weighted by Crippen LogP contribution is 2.33. The summed E-state index contributed by atoms with van der Waals surface area (Å²) in [5.41, 5.74) is 0.212. The van der Waals surface area contributed by atoms with Crippen molar-refractivity contribution in [2.45, 2.75) is 127 Å². The number of thiol groups is 2. The van der Waals surface area contributed by atoms with Gasteiger partial charge in [-0.25, -0.2) is 4.79 Å². The molecule has 220 valence electrons. The predicted octanol–water partition coefficient (Wildman–Crippen LogP) is 8.89. The molecule has 8 heteroatoms. The van der Waals surface area contributed by atoms with Crippen molar-refractivity contribution in [1.29, 1.82) is 0 Å². The lowest BCUT2D eigenvalue weighted by atomic mass is 9.81. The lowest BCUT2D eigenvalue weighted by Crippen LogP contribution is -2.43. The average molecular weight is 590 g/mol. The number of aliphatic hydroxyl groups is 1. The maximum absolute atomic E-state index is 10.5. The van der Waals surface area contributed by atoms with Crippen molar-refractivity contribution < 1.29 is 24.3 Å². The summed E-state index contributed by atoms with van der Waals surface area (Å²) in [7, 11) is -1.42. The van der Waals surface area contributed by atoms with Gasteiger partial charge in [0, 0.05) is 6.61 Å². The molecule has 0 fully saturated rings. The number of unbranched alkanes of at least 4 members (excludes halogenated alkanes) is 9. The van der Waals surface area contributed by atoms with Crippen LogP contribution in [-0.4, -0.2) is 39.3 Å². The molecule has 0 aliphatic carbocycles. The Morgan fingerprint density at radius 1 is 0.895 bits per heavy atom. The van der Waals surface area contributed by atoms with Crippen molar-refractivity contribution in [3.05, 3.63) is 35.9 Å². The summed E-state index contributed by atoms with van der Waals surface area (Å²) >= 11 is 8.40. The van der Waals surface area contributed by atoms with Crippen LogP contribution in [0.2, 0.25) is 0 Å². The molecule has 0 amide bonds. The van der Waals surface area contributed by atoms with E-state index in [1.165, 1.54) is 89.0 Å². The molecule has 0 spiro atoms. The molecule has 1 aromatic rings. The van der Waals surface area contributed by atoms with Gasteiger partial charge in [0.2, 0.25) is 0 Å². The zero-order chi connectivity index (χ0) is 28.7. The van der Waals surface area contributed by atoms with E-state index in [4.69, 9.17) is 9.84 Å². The van der Waals surface area contributed by atoms with E-state index in [0.29, 0.717) is 12.3 Å². The van der Waals surface area contributed by atoms with Crippen LogP contribution < -0.4 is 0 Å². The van der Waals surface area contributed by atoms with Gasteiger partial charge in [0.15, 0.2) is 5.44 Å². The van der Waals surface area contributed by atoms with Crippen LogP contribution in [0.25, 0.3) is 0 Å². The van der Waals surface area contributed by atoms with Crippen LogP contribution in [0, 0.1) is 5.92 Å². The second-order valence-corrected chi connectivity index (χ2v) is 11.9. The summed E-state index contributed by atoms with van der Waals surface area (Å²) in [6, 6.07) is 11.1. The molecule has 0 bridgehead atoms. The largest absolute Gasteiger partial charge is 0.476 e. The molecule has 0 heterocycles. The predicted molar refractivity (Wildman–Crippen MR) is 168 cm³/mol. The fourth-order valence-corrected chi connectivity index (χ4v) is 5.74. The molecule has 2 N–H and O–H groups in total. The Kier molecular flexibility index (Phi) is 23.9. The first kappa shape index (κ1) is 37.4. The average Bonchev–Trinajstić information content (AvgIpc) is 2.93. The number of benzene rings is 1. The molecule has 0 aliphatic heterocycles. The van der Waals surface area contributed by atoms with Crippen LogP contribution in [0.4, 0.5) is 0 Å². The number of hydrogen-bond donors (Lipinski definition) is 4. The van der Waals surface area contributed by atoms with Gasteiger partial charge in [0.25, 0.3) is 0 Å². The van der Waals surface area contributed by atoms with E-state index in [2.05, 4.69) is 69.4 Å². The monoisotopic (exact) mass is 589 g/mol. The van der Waals surface area contributed by atoms with E-state index in [-0.39, 0.29) is 6.61 Å². The quantitative estimate of drug-likeness (QED) is 0.0470. The molecule has 0 aliphatic rings. The molecular formula is C30H54O5PS2+. The van der Waals surface area contributed by atoms with Crippen LogP contribution in [-0.2, 0) is 14.1 Å². The van der Waals surface area contributed by atoms with Crippen LogP contribution in [0.3, 0.4) is 0 Å². The fourth-order valence-electron chi connectivity index (χ4n) is 4.59. The molecule has 38 heavy (non-hydrogen) atoms. The van der Waals surface area contributed by atoms with E-state index in [1.54, 1.807) is 0 Å². The second kappa shape index (κ2) is 24.2. The van der Waals surface area contributed by atoms with Crippen molar-refractivity contribution in [3.8, 4) is 0 Å². The van der Waals surface area contributed by atoms with Crippen molar-refractivity contribution in [1.82, 2.24) is 0 Å². The van der Waals surface area contributed by atoms with Crippen LogP contribution in [0.1, 0.15) is 122 Å². The van der Waals surface area contributed by atoms with Gasteiger partial charge < -0.3 is 14.9 Å². The maximum Gasteiger partial charge on any atom is 0.392 e. The molecule has 5 unspecified atom stereocenters. The molecule has 5 nitrogen and oxygen atoms in total. The minimum absolute atomic E-state index is 0.258. The van der Waals surface area contributed by atoms with Crippen molar-refractivity contribution in [2.24, 2.45) is 5.92 Å².